The Morgan fingerprint density at radius 3 is 2.54 bits per heavy atom. The molecule has 0 fully saturated rings. The molecular weight excluding hydrogens is 360 g/mol. The number of hydrogen-bond acceptors (Lipinski definition) is 4. The van der Waals surface area contributed by atoms with Gasteiger partial charge in [0, 0.05) is 36.2 Å². The molecular formula is C18H19ClN2O5. The minimum Gasteiger partial charge on any atom is -0.488 e. The van der Waals surface area contributed by atoms with E-state index >= 15 is 0 Å². The van der Waals surface area contributed by atoms with Gasteiger partial charge in [-0.05, 0) is 24.6 Å². The Hall–Kier alpha value is -2.51. The van der Waals surface area contributed by atoms with Crippen molar-refractivity contribution in [2.45, 2.75) is 19.4 Å². The molecule has 26 heavy (non-hydrogen) atoms. The second kappa shape index (κ2) is 7.80. The molecule has 8 heteroatoms. The second-order valence-electron chi connectivity index (χ2n) is 5.96. The summed E-state index contributed by atoms with van der Waals surface area (Å²) < 4.78 is 8.19. The number of nitrogens with zero attached hydrogens (tertiary/aromatic N) is 1. The first-order valence-electron chi connectivity index (χ1n) is 8.29. The third kappa shape index (κ3) is 3.68. The van der Waals surface area contributed by atoms with E-state index in [2.05, 4.69) is 16.0 Å². The third-order valence-corrected chi connectivity index (χ3v) is 4.67. The van der Waals surface area contributed by atoms with E-state index in [-0.39, 0.29) is 0 Å². The fourth-order valence-corrected chi connectivity index (χ4v) is 3.59. The van der Waals surface area contributed by atoms with E-state index in [1.807, 2.05) is 6.07 Å². The molecule has 3 N–H and O–H groups in total. The van der Waals surface area contributed by atoms with Crippen molar-refractivity contribution in [2.24, 2.45) is 0 Å². The summed E-state index contributed by atoms with van der Waals surface area (Å²) in [5.74, 6) is -1.64. The molecule has 0 saturated heterocycles. The molecule has 7 nitrogen and oxygen atoms in total. The van der Waals surface area contributed by atoms with Gasteiger partial charge < -0.3 is 24.8 Å². The van der Waals surface area contributed by atoms with E-state index in [9.17, 15) is 9.59 Å². The van der Waals surface area contributed by atoms with Gasteiger partial charge in [-0.15, -0.1) is 0 Å². The van der Waals surface area contributed by atoms with E-state index in [4.69, 9.17) is 26.6 Å². The smallest absolute Gasteiger partial charge is 0.328 e. The number of fused-ring (bicyclic) bond motifs is 3. The van der Waals surface area contributed by atoms with Gasteiger partial charge in [0.25, 0.3) is 0 Å². The monoisotopic (exact) mass is 378 g/mol. The maximum absolute atomic E-state index is 9.55. The van der Waals surface area contributed by atoms with Crippen LogP contribution in [0.3, 0.4) is 0 Å². The van der Waals surface area contributed by atoms with Crippen molar-refractivity contribution in [3.8, 4) is 5.75 Å². The number of aliphatic carboxylic acids is 2. The van der Waals surface area contributed by atoms with Crippen LogP contribution in [0.1, 0.15) is 11.3 Å². The lowest BCUT2D eigenvalue weighted by Crippen LogP contribution is -2.19. The van der Waals surface area contributed by atoms with Crippen molar-refractivity contribution in [2.75, 3.05) is 19.7 Å². The van der Waals surface area contributed by atoms with Crippen molar-refractivity contribution in [3.63, 3.8) is 0 Å². The number of carboxylic acids is 2. The Morgan fingerprint density at radius 2 is 1.85 bits per heavy atom. The Kier molecular flexibility index (Phi) is 5.49. The standard InChI is InChI=1S/C14H15ClN2O.C4H4O4/c15-11-2-1-10-9-3-5-16-6-4-12(9)17-7-8-18-14(11)13(10)17;5-3(6)1-2-4(7)8/h1-2,16H,3-8H2;1-2H,(H,5,6)(H,7,8)/b;2-1-. The van der Waals surface area contributed by atoms with E-state index in [0.29, 0.717) is 12.2 Å². The molecule has 0 atom stereocenters. The van der Waals surface area contributed by atoms with Gasteiger partial charge in [0.2, 0.25) is 0 Å². The highest BCUT2D eigenvalue weighted by molar-refractivity contribution is 6.33. The number of carbonyl (C=O) groups is 2. The minimum absolute atomic E-state index is 0.558. The number of carboxylic acid groups (broad SMARTS) is 2. The number of hydrogen-bond donors (Lipinski definition) is 3. The van der Waals surface area contributed by atoms with E-state index < -0.39 is 11.9 Å². The molecule has 0 bridgehead atoms. The molecule has 138 valence electrons. The highest BCUT2D eigenvalue weighted by Gasteiger charge is 2.25. The molecule has 2 aliphatic heterocycles. The van der Waals surface area contributed by atoms with Crippen LogP contribution in [0.5, 0.6) is 5.75 Å². The van der Waals surface area contributed by atoms with Crippen LogP contribution in [-0.2, 0) is 29.0 Å². The molecule has 4 rings (SSSR count). The predicted octanol–water partition coefficient (Wildman–Crippen LogP) is 2.09. The molecule has 3 heterocycles. The number of ether oxygens (including phenoxy) is 1. The average molecular weight is 379 g/mol. The Bertz CT molecular complexity index is 872. The summed E-state index contributed by atoms with van der Waals surface area (Å²) in [5, 5.41) is 21.2. The summed E-state index contributed by atoms with van der Waals surface area (Å²) in [6.07, 6.45) is 3.31. The first kappa shape index (κ1) is 18.3. The van der Waals surface area contributed by atoms with Crippen LogP contribution in [0.2, 0.25) is 5.02 Å². The normalized spacial score (nSPS) is 15.6. The molecule has 2 aliphatic rings. The van der Waals surface area contributed by atoms with Crippen molar-refractivity contribution in [1.29, 1.82) is 0 Å². The lowest BCUT2D eigenvalue weighted by Gasteiger charge is -2.20. The number of aromatic nitrogens is 1. The maximum atomic E-state index is 9.55. The minimum atomic E-state index is -1.26. The molecule has 1 aromatic carbocycles. The van der Waals surface area contributed by atoms with E-state index in [1.165, 1.54) is 22.2 Å². The summed E-state index contributed by atoms with van der Waals surface area (Å²) in [6.45, 7) is 3.79. The molecule has 0 aliphatic carbocycles. The first-order valence-corrected chi connectivity index (χ1v) is 8.66. The number of nitrogens with one attached hydrogen (secondary N) is 1. The first-order chi connectivity index (χ1) is 12.5. The Balaban J connectivity index is 0.000000211. The average Bonchev–Trinajstić information content (AvgIpc) is 2.77. The van der Waals surface area contributed by atoms with Crippen LogP contribution in [0.15, 0.2) is 24.3 Å². The Morgan fingerprint density at radius 1 is 1.15 bits per heavy atom. The third-order valence-electron chi connectivity index (χ3n) is 4.37. The summed E-state index contributed by atoms with van der Waals surface area (Å²) in [5.41, 5.74) is 4.17. The van der Waals surface area contributed by atoms with Gasteiger partial charge in [0.1, 0.15) is 6.61 Å². The zero-order chi connectivity index (χ0) is 18.7. The van der Waals surface area contributed by atoms with Gasteiger partial charge in [0.05, 0.1) is 17.1 Å². The SMILES string of the molecule is Clc1ccc2c3c(n4c2c1OCC4)CCNCC3.O=C(O)/C=C\C(=O)O. The van der Waals surface area contributed by atoms with Crippen LogP contribution >= 0.6 is 11.6 Å². The fraction of sp³-hybridized carbons (Fsp3) is 0.333. The summed E-state index contributed by atoms with van der Waals surface area (Å²) in [6, 6.07) is 4.12. The van der Waals surface area contributed by atoms with Gasteiger partial charge in [-0.25, -0.2) is 9.59 Å². The second-order valence-corrected chi connectivity index (χ2v) is 6.37. The molecule has 0 spiro atoms. The summed E-state index contributed by atoms with van der Waals surface area (Å²) >= 11 is 6.25. The van der Waals surface area contributed by atoms with Crippen LogP contribution in [-0.4, -0.2) is 46.4 Å². The highest BCUT2D eigenvalue weighted by Crippen LogP contribution is 2.40. The highest BCUT2D eigenvalue weighted by atomic mass is 35.5. The van der Waals surface area contributed by atoms with Crippen molar-refractivity contribution >= 4 is 34.4 Å². The molecule has 1 aromatic heterocycles. The lowest BCUT2D eigenvalue weighted by atomic mass is 10.1. The van der Waals surface area contributed by atoms with Crippen molar-refractivity contribution in [1.82, 2.24) is 9.88 Å². The van der Waals surface area contributed by atoms with E-state index in [1.54, 1.807) is 0 Å². The van der Waals surface area contributed by atoms with Gasteiger partial charge >= 0.3 is 11.9 Å². The van der Waals surface area contributed by atoms with Crippen LogP contribution in [0, 0.1) is 0 Å². The van der Waals surface area contributed by atoms with Gasteiger partial charge in [-0.2, -0.15) is 0 Å². The van der Waals surface area contributed by atoms with Gasteiger partial charge in [0.15, 0.2) is 5.75 Å². The molecule has 2 aromatic rings. The molecule has 0 unspecified atom stereocenters. The zero-order valence-corrected chi connectivity index (χ0v) is 14.8. The lowest BCUT2D eigenvalue weighted by molar-refractivity contribution is -0.134. The summed E-state index contributed by atoms with van der Waals surface area (Å²) in [7, 11) is 0. The number of rotatable bonds is 2. The number of halogens is 1. The van der Waals surface area contributed by atoms with Crippen molar-refractivity contribution < 1.29 is 24.5 Å². The quantitative estimate of drug-likeness (QED) is 0.692. The van der Waals surface area contributed by atoms with E-state index in [0.717, 1.165) is 49.9 Å². The molecule has 0 radical (unpaired) electrons. The van der Waals surface area contributed by atoms with Crippen LogP contribution in [0.4, 0.5) is 0 Å². The fourth-order valence-electron chi connectivity index (χ4n) is 3.39. The van der Waals surface area contributed by atoms with Crippen molar-refractivity contribution in [3.05, 3.63) is 40.6 Å². The number of benzene rings is 1. The predicted molar refractivity (Wildman–Crippen MR) is 97.1 cm³/mol. The maximum Gasteiger partial charge on any atom is 0.328 e. The van der Waals surface area contributed by atoms with Crippen LogP contribution in [0.25, 0.3) is 10.9 Å². The molecule has 0 saturated carbocycles. The van der Waals surface area contributed by atoms with Crippen LogP contribution < -0.4 is 10.1 Å². The largest absolute Gasteiger partial charge is 0.488 e. The Labute approximate surface area is 154 Å². The van der Waals surface area contributed by atoms with Gasteiger partial charge in [-0.1, -0.05) is 17.7 Å². The molecule has 0 amide bonds. The van der Waals surface area contributed by atoms with Gasteiger partial charge in [-0.3, -0.25) is 0 Å². The zero-order valence-electron chi connectivity index (χ0n) is 14.0. The summed E-state index contributed by atoms with van der Waals surface area (Å²) in [4.78, 5) is 19.1. The topological polar surface area (TPSA) is 101 Å².